The van der Waals surface area contributed by atoms with Crippen LogP contribution in [0.1, 0.15) is 11.1 Å². The molecule has 0 fully saturated rings. The molecule has 2 rings (SSSR count). The van der Waals surface area contributed by atoms with Gasteiger partial charge in [-0.15, -0.1) is 0 Å². The molecule has 0 radical (unpaired) electrons. The van der Waals surface area contributed by atoms with Crippen LogP contribution in [0.3, 0.4) is 0 Å². The molecule has 10 heteroatoms. The number of ether oxygens (including phenoxy) is 6. The fraction of sp³-hybridized carbons (Fsp3) is 0.304. The van der Waals surface area contributed by atoms with Crippen molar-refractivity contribution in [1.29, 1.82) is 0 Å². The van der Waals surface area contributed by atoms with Gasteiger partial charge in [-0.2, -0.15) is 0 Å². The summed E-state index contributed by atoms with van der Waals surface area (Å²) in [7, 11) is 9.15. The van der Waals surface area contributed by atoms with Gasteiger partial charge in [0.25, 0.3) is 5.08 Å². The van der Waals surface area contributed by atoms with Crippen LogP contribution < -0.4 is 28.4 Å². The summed E-state index contributed by atoms with van der Waals surface area (Å²) in [6.07, 6.45) is 3.23. The van der Waals surface area contributed by atoms with Gasteiger partial charge in [-0.1, -0.05) is 0 Å². The molecule has 0 aromatic heterocycles. The third-order valence-electron chi connectivity index (χ3n) is 4.51. The lowest BCUT2D eigenvalue weighted by Crippen LogP contribution is -2.12. The highest BCUT2D eigenvalue weighted by Gasteiger charge is 2.17. The summed E-state index contributed by atoms with van der Waals surface area (Å²) >= 11 is -3.02. The molecule has 2 unspecified atom stereocenters. The number of hydrogen-bond donors (Lipinski definition) is 0. The normalized spacial score (nSPS) is 13.1. The summed E-state index contributed by atoms with van der Waals surface area (Å²) < 4.78 is 57.0. The van der Waals surface area contributed by atoms with Crippen LogP contribution in [0.4, 0.5) is 0 Å². The molecule has 0 saturated heterocycles. The van der Waals surface area contributed by atoms with E-state index in [1.807, 2.05) is 0 Å². The van der Waals surface area contributed by atoms with Crippen LogP contribution in [-0.2, 0) is 22.4 Å². The number of hydrogen-bond acceptors (Lipinski definition) is 8. The molecule has 33 heavy (non-hydrogen) atoms. The van der Waals surface area contributed by atoms with E-state index in [0.717, 1.165) is 0 Å². The van der Waals surface area contributed by atoms with Crippen LogP contribution in [0.15, 0.2) is 35.1 Å². The molecule has 0 N–H and O–H groups in total. The molecule has 0 saturated carbocycles. The lowest BCUT2D eigenvalue weighted by Gasteiger charge is -2.13. The Morgan fingerprint density at radius 1 is 0.576 bits per heavy atom. The van der Waals surface area contributed by atoms with E-state index in [9.17, 15) is 9.11 Å². The Morgan fingerprint density at radius 2 is 0.879 bits per heavy atom. The summed E-state index contributed by atoms with van der Waals surface area (Å²) in [5.74, 6) is 3.13. The van der Waals surface area contributed by atoms with E-state index in [2.05, 4.69) is 0 Å². The minimum atomic E-state index is -1.51. The number of benzene rings is 2. The molecule has 2 aromatic carbocycles. The van der Waals surface area contributed by atoms with Crippen molar-refractivity contribution in [2.45, 2.75) is 0 Å². The summed E-state index contributed by atoms with van der Waals surface area (Å²) in [5.41, 5.74) is 1.20. The van der Waals surface area contributed by atoms with Gasteiger partial charge in [0.1, 0.15) is 45.3 Å². The molecule has 0 aliphatic rings. The molecule has 0 heterocycles. The SMILES string of the molecule is COc1cc(OC)c(C=C[S+]([O-])C[S+]([O-])C=Cc2c(OC)cc(OC)cc2OC)c(OC)c1. The van der Waals surface area contributed by atoms with Gasteiger partial charge in [0, 0.05) is 58.8 Å². The first-order valence-electron chi connectivity index (χ1n) is 9.61. The molecular formula is C23H28O8S2. The molecular weight excluding hydrogens is 468 g/mol. The maximum absolute atomic E-state index is 12.5. The average Bonchev–Trinajstić information content (AvgIpc) is 2.84. The van der Waals surface area contributed by atoms with E-state index in [-0.39, 0.29) is 5.08 Å². The highest BCUT2D eigenvalue weighted by atomic mass is 32.3. The van der Waals surface area contributed by atoms with Crippen LogP contribution >= 0.6 is 0 Å². The van der Waals surface area contributed by atoms with Crippen LogP contribution in [0.2, 0.25) is 0 Å². The van der Waals surface area contributed by atoms with E-state index in [1.165, 1.54) is 39.3 Å². The number of rotatable bonds is 12. The van der Waals surface area contributed by atoms with Crippen molar-refractivity contribution in [2.24, 2.45) is 0 Å². The Balaban J connectivity index is 2.16. The van der Waals surface area contributed by atoms with Gasteiger partial charge in [0.15, 0.2) is 0 Å². The van der Waals surface area contributed by atoms with Crippen LogP contribution in [0.25, 0.3) is 12.2 Å². The highest BCUT2D eigenvalue weighted by Crippen LogP contribution is 2.36. The highest BCUT2D eigenvalue weighted by molar-refractivity contribution is 8.10. The summed E-state index contributed by atoms with van der Waals surface area (Å²) in [6, 6.07) is 6.78. The quantitative estimate of drug-likeness (QED) is 0.409. The van der Waals surface area contributed by atoms with E-state index in [0.29, 0.717) is 45.6 Å². The zero-order chi connectivity index (χ0) is 24.4. The van der Waals surface area contributed by atoms with Crippen molar-refractivity contribution < 1.29 is 37.5 Å². The molecule has 0 spiro atoms. The lowest BCUT2D eigenvalue weighted by atomic mass is 10.1. The van der Waals surface area contributed by atoms with Crippen molar-refractivity contribution in [1.82, 2.24) is 0 Å². The minimum Gasteiger partial charge on any atom is -0.608 e. The zero-order valence-corrected chi connectivity index (χ0v) is 21.0. The summed E-state index contributed by atoms with van der Waals surface area (Å²) in [4.78, 5) is 0. The molecule has 0 amide bonds. The maximum atomic E-state index is 12.5. The third kappa shape index (κ3) is 7.16. The van der Waals surface area contributed by atoms with Crippen molar-refractivity contribution in [3.63, 3.8) is 0 Å². The van der Waals surface area contributed by atoms with E-state index in [1.54, 1.807) is 50.6 Å². The standard InChI is InChI=1S/C23H28O8S2/c1-26-16-11-20(28-3)18(21(12-16)29-4)7-9-32(24)15-33(25)10-8-19-22(30-5)13-17(27-2)14-23(19)31-6/h7-14H,15H2,1-6H3. The monoisotopic (exact) mass is 496 g/mol. The fourth-order valence-corrected chi connectivity index (χ4v) is 4.99. The Kier molecular flexibility index (Phi) is 10.6. The Morgan fingerprint density at radius 3 is 1.12 bits per heavy atom. The second-order valence-electron chi connectivity index (χ2n) is 6.38. The van der Waals surface area contributed by atoms with Gasteiger partial charge in [0.05, 0.1) is 53.8 Å². The van der Waals surface area contributed by atoms with Gasteiger partial charge in [0.2, 0.25) is 0 Å². The molecule has 2 atom stereocenters. The Labute approximate surface area is 200 Å². The molecule has 8 nitrogen and oxygen atoms in total. The first-order chi connectivity index (χ1) is 15.9. The largest absolute Gasteiger partial charge is 0.608 e. The minimum absolute atomic E-state index is 0.0887. The Bertz CT molecular complexity index is 849. The van der Waals surface area contributed by atoms with Gasteiger partial charge in [-0.25, -0.2) is 0 Å². The van der Waals surface area contributed by atoms with Crippen LogP contribution in [-0.4, -0.2) is 56.8 Å². The molecule has 0 aliphatic carbocycles. The summed E-state index contributed by atoms with van der Waals surface area (Å²) in [6.45, 7) is 0. The average molecular weight is 497 g/mol. The van der Waals surface area contributed by atoms with Crippen LogP contribution in [0, 0.1) is 0 Å². The van der Waals surface area contributed by atoms with Gasteiger partial charge in [-0.05, 0) is 0 Å². The lowest BCUT2D eigenvalue weighted by molar-refractivity contribution is 0.374. The number of methoxy groups -OCH3 is 6. The van der Waals surface area contributed by atoms with Gasteiger partial charge >= 0.3 is 0 Å². The molecule has 0 bridgehead atoms. The fourth-order valence-electron chi connectivity index (χ4n) is 2.87. The maximum Gasteiger partial charge on any atom is 0.262 e. The Hall–Kier alpha value is -2.66. The smallest absolute Gasteiger partial charge is 0.262 e. The van der Waals surface area contributed by atoms with Crippen molar-refractivity contribution in [3.05, 3.63) is 46.2 Å². The second kappa shape index (κ2) is 13.1. The topological polar surface area (TPSA) is 102 Å². The molecule has 180 valence electrons. The summed E-state index contributed by atoms with van der Waals surface area (Å²) in [5, 5.41) is 2.81. The first-order valence-corrected chi connectivity index (χ1v) is 12.4. The van der Waals surface area contributed by atoms with Crippen molar-refractivity contribution in [3.8, 4) is 34.5 Å². The van der Waals surface area contributed by atoms with Crippen molar-refractivity contribution in [2.75, 3.05) is 47.7 Å². The van der Waals surface area contributed by atoms with Gasteiger partial charge in [-0.3, -0.25) is 0 Å². The predicted molar refractivity (Wildman–Crippen MR) is 131 cm³/mol. The van der Waals surface area contributed by atoms with E-state index >= 15 is 0 Å². The predicted octanol–water partition coefficient (Wildman–Crippen LogP) is 3.83. The molecule has 0 aliphatic heterocycles. The molecule has 2 aromatic rings. The second-order valence-corrected chi connectivity index (χ2v) is 9.39. The zero-order valence-electron chi connectivity index (χ0n) is 19.4. The van der Waals surface area contributed by atoms with E-state index < -0.39 is 22.4 Å². The first kappa shape index (κ1) is 26.6. The van der Waals surface area contributed by atoms with Gasteiger partial charge < -0.3 is 37.5 Å². The van der Waals surface area contributed by atoms with Crippen molar-refractivity contribution >= 4 is 34.5 Å². The van der Waals surface area contributed by atoms with Crippen LogP contribution in [0.5, 0.6) is 34.5 Å². The third-order valence-corrected chi connectivity index (χ3v) is 7.25. The van der Waals surface area contributed by atoms with E-state index in [4.69, 9.17) is 28.4 Å².